The Hall–Kier alpha value is -3.27. The second-order valence-electron chi connectivity index (χ2n) is 6.72. The van der Waals surface area contributed by atoms with Crippen LogP contribution in [0, 0.1) is 0 Å². The average Bonchev–Trinajstić information content (AvgIpc) is 3.23. The number of anilines is 1. The van der Waals surface area contributed by atoms with Gasteiger partial charge in [0.2, 0.25) is 6.41 Å². The van der Waals surface area contributed by atoms with Crippen molar-refractivity contribution in [3.05, 3.63) is 52.8 Å². The zero-order chi connectivity index (χ0) is 22.2. The summed E-state index contributed by atoms with van der Waals surface area (Å²) in [5.41, 5.74) is 0.992. The highest BCUT2D eigenvalue weighted by Gasteiger charge is 2.16. The fourth-order valence-electron chi connectivity index (χ4n) is 3.02. The second-order valence-corrected chi connectivity index (χ2v) is 7.64. The summed E-state index contributed by atoms with van der Waals surface area (Å²) in [6.45, 7) is 2.61. The third-order valence-electron chi connectivity index (χ3n) is 4.49. The number of nitrogens with zero attached hydrogens (tertiary/aromatic N) is 4. The Morgan fingerprint density at radius 3 is 2.94 bits per heavy atom. The van der Waals surface area contributed by atoms with E-state index in [0.717, 1.165) is 17.3 Å². The molecule has 31 heavy (non-hydrogen) atoms. The molecule has 0 radical (unpaired) electrons. The molecule has 2 heterocycles. The minimum Gasteiger partial charge on any atom is -0.490 e. The van der Waals surface area contributed by atoms with Gasteiger partial charge in [0, 0.05) is 11.0 Å². The van der Waals surface area contributed by atoms with Crippen molar-refractivity contribution in [2.45, 2.75) is 32.4 Å². The van der Waals surface area contributed by atoms with Gasteiger partial charge < -0.3 is 19.4 Å². The van der Waals surface area contributed by atoms with Crippen LogP contribution in [0.5, 0.6) is 5.75 Å². The molecule has 3 rings (SSSR count). The number of amides is 1. The summed E-state index contributed by atoms with van der Waals surface area (Å²) in [5, 5.41) is 10.7. The number of carbonyl (C=O) groups excluding carboxylic acids is 2. The van der Waals surface area contributed by atoms with Crippen LogP contribution in [-0.2, 0) is 16.1 Å². The van der Waals surface area contributed by atoms with Gasteiger partial charge in [-0.25, -0.2) is 9.78 Å². The molecule has 0 saturated heterocycles. The SMILES string of the molecule is COC(=O)c1cc(Br)ccc1OC(C)CCCn1cnnc1-c1cccc(NC=O)n1. The lowest BCUT2D eigenvalue weighted by atomic mass is 10.2. The zero-order valence-electron chi connectivity index (χ0n) is 17.1. The molecule has 1 unspecified atom stereocenters. The van der Waals surface area contributed by atoms with Crippen molar-refractivity contribution in [2.24, 2.45) is 0 Å². The van der Waals surface area contributed by atoms with Gasteiger partial charge in [0.05, 0.1) is 13.2 Å². The van der Waals surface area contributed by atoms with Crippen molar-refractivity contribution < 1.29 is 19.1 Å². The van der Waals surface area contributed by atoms with Crippen LogP contribution in [0.1, 0.15) is 30.1 Å². The van der Waals surface area contributed by atoms with Crippen LogP contribution < -0.4 is 10.1 Å². The second kappa shape index (κ2) is 10.7. The maximum Gasteiger partial charge on any atom is 0.341 e. The molecular weight excluding hydrogens is 466 g/mol. The molecule has 0 aliphatic carbocycles. The smallest absolute Gasteiger partial charge is 0.341 e. The van der Waals surface area contributed by atoms with E-state index in [0.29, 0.717) is 41.6 Å². The van der Waals surface area contributed by atoms with Crippen LogP contribution in [0.4, 0.5) is 5.82 Å². The molecule has 1 amide bonds. The number of carbonyl (C=O) groups is 2. The zero-order valence-corrected chi connectivity index (χ0v) is 18.7. The number of methoxy groups -OCH3 is 1. The van der Waals surface area contributed by atoms with E-state index in [1.54, 1.807) is 30.6 Å². The van der Waals surface area contributed by atoms with Crippen molar-refractivity contribution in [3.8, 4) is 17.3 Å². The molecule has 9 nitrogen and oxygen atoms in total. The van der Waals surface area contributed by atoms with E-state index in [-0.39, 0.29) is 6.10 Å². The maximum absolute atomic E-state index is 12.0. The maximum atomic E-state index is 12.0. The largest absolute Gasteiger partial charge is 0.490 e. The van der Waals surface area contributed by atoms with Crippen molar-refractivity contribution in [1.29, 1.82) is 0 Å². The quantitative estimate of drug-likeness (QED) is 0.343. The average molecular weight is 488 g/mol. The number of esters is 1. The Kier molecular flexibility index (Phi) is 7.71. The van der Waals surface area contributed by atoms with Crippen molar-refractivity contribution in [1.82, 2.24) is 19.7 Å². The number of aromatic nitrogens is 4. The number of ether oxygens (including phenoxy) is 2. The molecular formula is C21H22BrN5O4. The minimum absolute atomic E-state index is 0.122. The first kappa shape index (κ1) is 22.4. The highest BCUT2D eigenvalue weighted by Crippen LogP contribution is 2.26. The van der Waals surface area contributed by atoms with Gasteiger partial charge in [-0.2, -0.15) is 0 Å². The lowest BCUT2D eigenvalue weighted by molar-refractivity contribution is -0.105. The third-order valence-corrected chi connectivity index (χ3v) is 4.98. The van der Waals surface area contributed by atoms with Crippen molar-refractivity contribution >= 4 is 34.1 Å². The molecule has 0 aliphatic heterocycles. The first-order valence-corrected chi connectivity index (χ1v) is 10.4. The van der Waals surface area contributed by atoms with Gasteiger partial charge >= 0.3 is 5.97 Å². The number of hydrogen-bond donors (Lipinski definition) is 1. The van der Waals surface area contributed by atoms with Crippen molar-refractivity contribution in [2.75, 3.05) is 12.4 Å². The molecule has 1 N–H and O–H groups in total. The van der Waals surface area contributed by atoms with Gasteiger partial charge in [0.25, 0.3) is 0 Å². The molecule has 1 atom stereocenters. The number of pyridine rings is 1. The summed E-state index contributed by atoms with van der Waals surface area (Å²) in [7, 11) is 1.34. The van der Waals surface area contributed by atoms with Gasteiger partial charge in [0.1, 0.15) is 29.2 Å². The van der Waals surface area contributed by atoms with E-state index < -0.39 is 5.97 Å². The molecule has 1 aromatic carbocycles. The van der Waals surface area contributed by atoms with Crippen LogP contribution in [0.25, 0.3) is 11.5 Å². The van der Waals surface area contributed by atoms with E-state index in [9.17, 15) is 9.59 Å². The number of halogens is 1. The molecule has 162 valence electrons. The first-order valence-electron chi connectivity index (χ1n) is 9.61. The number of rotatable bonds is 10. The first-order chi connectivity index (χ1) is 15.0. The number of benzene rings is 1. The molecule has 0 fully saturated rings. The Morgan fingerprint density at radius 1 is 1.32 bits per heavy atom. The normalized spacial score (nSPS) is 11.6. The molecule has 0 saturated carbocycles. The van der Waals surface area contributed by atoms with Crippen LogP contribution >= 0.6 is 15.9 Å². The summed E-state index contributed by atoms with van der Waals surface area (Å²) in [5.74, 6) is 1.09. The summed E-state index contributed by atoms with van der Waals surface area (Å²) in [6.07, 6.45) is 3.64. The summed E-state index contributed by atoms with van der Waals surface area (Å²) in [4.78, 5) is 27.0. The molecule has 2 aromatic heterocycles. The Balaban J connectivity index is 1.61. The van der Waals surface area contributed by atoms with E-state index in [1.165, 1.54) is 7.11 Å². The number of hydrogen-bond acceptors (Lipinski definition) is 7. The van der Waals surface area contributed by atoms with E-state index in [4.69, 9.17) is 9.47 Å². The monoisotopic (exact) mass is 487 g/mol. The fourth-order valence-corrected chi connectivity index (χ4v) is 3.38. The van der Waals surface area contributed by atoms with Gasteiger partial charge in [-0.15, -0.1) is 10.2 Å². The lowest BCUT2D eigenvalue weighted by Crippen LogP contribution is -2.15. The van der Waals surface area contributed by atoms with E-state index in [2.05, 4.69) is 36.4 Å². The predicted octanol–water partition coefficient (Wildman–Crippen LogP) is 3.71. The summed E-state index contributed by atoms with van der Waals surface area (Å²) >= 11 is 3.36. The Bertz CT molecular complexity index is 1060. The van der Waals surface area contributed by atoms with Crippen LogP contribution in [0.2, 0.25) is 0 Å². The highest BCUT2D eigenvalue weighted by atomic mass is 79.9. The predicted molar refractivity (Wildman–Crippen MR) is 118 cm³/mol. The molecule has 0 aliphatic rings. The standard InChI is InChI=1S/C21H22BrN5O4/c1-14(31-18-9-8-15(22)11-16(18)21(29)30-2)5-4-10-27-12-24-26-20(27)17-6-3-7-19(25-17)23-13-28/h3,6-9,11-14H,4-5,10H2,1-2H3,(H,23,25,28). The molecule has 10 heteroatoms. The van der Waals surface area contributed by atoms with Gasteiger partial charge in [-0.1, -0.05) is 22.0 Å². The minimum atomic E-state index is -0.448. The van der Waals surface area contributed by atoms with E-state index >= 15 is 0 Å². The molecule has 0 spiro atoms. The third kappa shape index (κ3) is 5.88. The summed E-state index contributed by atoms with van der Waals surface area (Å²) < 4.78 is 13.5. The summed E-state index contributed by atoms with van der Waals surface area (Å²) in [6, 6.07) is 10.5. The van der Waals surface area contributed by atoms with Crippen LogP contribution in [0.3, 0.4) is 0 Å². The van der Waals surface area contributed by atoms with Gasteiger partial charge in [-0.3, -0.25) is 4.79 Å². The number of nitrogens with one attached hydrogen (secondary N) is 1. The van der Waals surface area contributed by atoms with Gasteiger partial charge in [-0.05, 0) is 50.1 Å². The topological polar surface area (TPSA) is 108 Å². The number of aryl methyl sites for hydroxylation is 1. The van der Waals surface area contributed by atoms with E-state index in [1.807, 2.05) is 23.6 Å². The van der Waals surface area contributed by atoms with Gasteiger partial charge in [0.15, 0.2) is 5.82 Å². The molecule has 0 bridgehead atoms. The molecule has 3 aromatic rings. The Morgan fingerprint density at radius 2 is 2.16 bits per heavy atom. The highest BCUT2D eigenvalue weighted by molar-refractivity contribution is 9.10. The fraction of sp³-hybridized carbons (Fsp3) is 0.286. The Labute approximate surface area is 187 Å². The van der Waals surface area contributed by atoms with Crippen molar-refractivity contribution in [3.63, 3.8) is 0 Å². The van der Waals surface area contributed by atoms with Crippen LogP contribution in [-0.4, -0.2) is 45.3 Å². The lowest BCUT2D eigenvalue weighted by Gasteiger charge is -2.17. The van der Waals surface area contributed by atoms with Crippen LogP contribution in [0.15, 0.2) is 47.2 Å².